The van der Waals surface area contributed by atoms with Crippen molar-refractivity contribution in [2.45, 2.75) is 19.8 Å². The number of likely N-dealkylation sites (tertiary alicyclic amines) is 1. The van der Waals surface area contributed by atoms with Crippen LogP contribution in [-0.4, -0.2) is 59.4 Å². The van der Waals surface area contributed by atoms with E-state index in [0.717, 1.165) is 10.0 Å². The van der Waals surface area contributed by atoms with Crippen LogP contribution in [-0.2, 0) is 9.59 Å². The highest BCUT2D eigenvalue weighted by Crippen LogP contribution is 2.21. The standard InChI is InChI=1S/C17H21BrN2O4/c1-11-13(4-3-5-14(11)18)16(22)19(2)10-15(21)20-8-6-12(7-9-20)17(23)24/h3-5,12H,6-10H2,1-2H3,(H,23,24). The van der Waals surface area contributed by atoms with Crippen molar-refractivity contribution in [3.8, 4) is 0 Å². The van der Waals surface area contributed by atoms with Gasteiger partial charge in [0.15, 0.2) is 0 Å². The molecule has 0 spiro atoms. The average Bonchev–Trinajstić information content (AvgIpc) is 2.56. The summed E-state index contributed by atoms with van der Waals surface area (Å²) in [5, 5.41) is 9.00. The molecule has 24 heavy (non-hydrogen) atoms. The summed E-state index contributed by atoms with van der Waals surface area (Å²) in [6.07, 6.45) is 0.924. The van der Waals surface area contributed by atoms with Gasteiger partial charge in [-0.2, -0.15) is 0 Å². The lowest BCUT2D eigenvalue weighted by Crippen LogP contribution is -2.45. The van der Waals surface area contributed by atoms with Crippen LogP contribution in [0.15, 0.2) is 22.7 Å². The molecule has 130 valence electrons. The Morgan fingerprint density at radius 1 is 1.29 bits per heavy atom. The number of aliphatic carboxylic acids is 1. The first-order valence-electron chi connectivity index (χ1n) is 7.82. The highest BCUT2D eigenvalue weighted by atomic mass is 79.9. The SMILES string of the molecule is Cc1c(Br)cccc1C(=O)N(C)CC(=O)N1CCC(C(=O)O)CC1. The number of carboxylic acids is 1. The summed E-state index contributed by atoms with van der Waals surface area (Å²) in [6.45, 7) is 2.69. The molecular formula is C17H21BrN2O4. The van der Waals surface area contributed by atoms with Crippen LogP contribution in [0.3, 0.4) is 0 Å². The van der Waals surface area contributed by atoms with E-state index in [4.69, 9.17) is 5.11 Å². The van der Waals surface area contributed by atoms with E-state index in [1.54, 1.807) is 24.1 Å². The molecule has 0 radical (unpaired) electrons. The van der Waals surface area contributed by atoms with Crippen molar-refractivity contribution in [3.05, 3.63) is 33.8 Å². The maximum Gasteiger partial charge on any atom is 0.306 e. The second-order valence-corrected chi connectivity index (χ2v) is 6.92. The fourth-order valence-corrected chi connectivity index (χ4v) is 3.16. The molecule has 0 saturated carbocycles. The zero-order valence-corrected chi connectivity index (χ0v) is 15.4. The van der Waals surface area contributed by atoms with Gasteiger partial charge < -0.3 is 14.9 Å². The van der Waals surface area contributed by atoms with Gasteiger partial charge in [-0.15, -0.1) is 0 Å². The number of amides is 2. The molecule has 2 rings (SSSR count). The van der Waals surface area contributed by atoms with E-state index in [1.807, 2.05) is 13.0 Å². The number of hydrogen-bond acceptors (Lipinski definition) is 3. The Kier molecular flexibility index (Phi) is 5.99. The van der Waals surface area contributed by atoms with Crippen molar-refractivity contribution in [2.24, 2.45) is 5.92 Å². The number of carboxylic acid groups (broad SMARTS) is 1. The third kappa shape index (κ3) is 4.14. The Morgan fingerprint density at radius 2 is 1.92 bits per heavy atom. The normalized spacial score (nSPS) is 15.2. The molecule has 1 aromatic rings. The van der Waals surface area contributed by atoms with Gasteiger partial charge in [0.05, 0.1) is 12.5 Å². The second-order valence-electron chi connectivity index (χ2n) is 6.07. The van der Waals surface area contributed by atoms with E-state index in [2.05, 4.69) is 15.9 Å². The van der Waals surface area contributed by atoms with Crippen LogP contribution >= 0.6 is 15.9 Å². The van der Waals surface area contributed by atoms with Gasteiger partial charge in [-0.05, 0) is 37.5 Å². The van der Waals surface area contributed by atoms with Crippen LogP contribution in [0.1, 0.15) is 28.8 Å². The first-order chi connectivity index (χ1) is 11.3. The smallest absolute Gasteiger partial charge is 0.306 e. The molecule has 1 aliphatic rings. The third-order valence-corrected chi connectivity index (χ3v) is 5.27. The van der Waals surface area contributed by atoms with Crippen LogP contribution in [0.4, 0.5) is 0 Å². The van der Waals surface area contributed by atoms with Crippen molar-refractivity contribution >= 4 is 33.7 Å². The molecule has 1 saturated heterocycles. The summed E-state index contributed by atoms with van der Waals surface area (Å²) in [5.41, 5.74) is 1.40. The fourth-order valence-electron chi connectivity index (χ4n) is 2.80. The first-order valence-corrected chi connectivity index (χ1v) is 8.61. The number of hydrogen-bond donors (Lipinski definition) is 1. The van der Waals surface area contributed by atoms with Gasteiger partial charge in [0.2, 0.25) is 5.91 Å². The Bertz CT molecular complexity index is 654. The van der Waals surface area contributed by atoms with Crippen molar-refractivity contribution in [1.29, 1.82) is 0 Å². The minimum Gasteiger partial charge on any atom is -0.481 e. The predicted octanol–water partition coefficient (Wildman–Crippen LogP) is 2.15. The maximum absolute atomic E-state index is 12.5. The predicted molar refractivity (Wildman–Crippen MR) is 92.8 cm³/mol. The second kappa shape index (κ2) is 7.79. The van der Waals surface area contributed by atoms with Crippen molar-refractivity contribution < 1.29 is 19.5 Å². The monoisotopic (exact) mass is 396 g/mol. The van der Waals surface area contributed by atoms with E-state index in [9.17, 15) is 14.4 Å². The van der Waals surface area contributed by atoms with E-state index < -0.39 is 5.97 Å². The molecule has 0 bridgehead atoms. The Balaban J connectivity index is 1.95. The van der Waals surface area contributed by atoms with E-state index in [0.29, 0.717) is 31.5 Å². The van der Waals surface area contributed by atoms with Crippen LogP contribution in [0.5, 0.6) is 0 Å². The Hall–Kier alpha value is -1.89. The zero-order chi connectivity index (χ0) is 17.9. The highest BCUT2D eigenvalue weighted by Gasteiger charge is 2.28. The molecule has 1 aliphatic heterocycles. The van der Waals surface area contributed by atoms with E-state index >= 15 is 0 Å². The number of carbonyl (C=O) groups excluding carboxylic acids is 2. The number of rotatable bonds is 4. The summed E-state index contributed by atoms with van der Waals surface area (Å²) in [7, 11) is 1.60. The molecule has 7 heteroatoms. The van der Waals surface area contributed by atoms with Gasteiger partial charge in [-0.3, -0.25) is 14.4 Å². The lowest BCUT2D eigenvalue weighted by atomic mass is 9.97. The van der Waals surface area contributed by atoms with Crippen molar-refractivity contribution in [2.75, 3.05) is 26.7 Å². The number of likely N-dealkylation sites (N-methyl/N-ethyl adjacent to an activating group) is 1. The maximum atomic E-state index is 12.5. The molecule has 1 fully saturated rings. The number of benzene rings is 1. The van der Waals surface area contributed by atoms with Crippen molar-refractivity contribution in [3.63, 3.8) is 0 Å². The minimum atomic E-state index is -0.806. The lowest BCUT2D eigenvalue weighted by molar-refractivity contribution is -0.145. The molecule has 1 aromatic carbocycles. The summed E-state index contributed by atoms with van der Waals surface area (Å²) < 4.78 is 0.851. The number of halogens is 1. The highest BCUT2D eigenvalue weighted by molar-refractivity contribution is 9.10. The summed E-state index contributed by atoms with van der Waals surface area (Å²) in [4.78, 5) is 38.9. The number of piperidine rings is 1. The topological polar surface area (TPSA) is 77.9 Å². The fraction of sp³-hybridized carbons (Fsp3) is 0.471. The van der Waals surface area contributed by atoms with Crippen LogP contribution in [0.25, 0.3) is 0 Å². The van der Waals surface area contributed by atoms with Crippen LogP contribution < -0.4 is 0 Å². The minimum absolute atomic E-state index is 0.0114. The Labute approximate surface area is 149 Å². The van der Waals surface area contributed by atoms with E-state index in [-0.39, 0.29) is 24.3 Å². The van der Waals surface area contributed by atoms with E-state index in [1.165, 1.54) is 4.90 Å². The first kappa shape index (κ1) is 18.4. The summed E-state index contributed by atoms with van der Waals surface area (Å²) in [6, 6.07) is 5.39. The molecule has 2 amide bonds. The molecular weight excluding hydrogens is 376 g/mol. The van der Waals surface area contributed by atoms with Gasteiger partial charge >= 0.3 is 5.97 Å². The van der Waals surface area contributed by atoms with Crippen LogP contribution in [0.2, 0.25) is 0 Å². The molecule has 1 N–H and O–H groups in total. The molecule has 0 aliphatic carbocycles. The molecule has 1 heterocycles. The van der Waals surface area contributed by atoms with Gasteiger partial charge in [0.25, 0.3) is 5.91 Å². The Morgan fingerprint density at radius 3 is 2.50 bits per heavy atom. The lowest BCUT2D eigenvalue weighted by Gasteiger charge is -2.31. The summed E-state index contributed by atoms with van der Waals surface area (Å²) >= 11 is 3.40. The summed E-state index contributed by atoms with van der Waals surface area (Å²) in [5.74, 6) is -1.54. The van der Waals surface area contributed by atoms with Gasteiger partial charge in [0.1, 0.15) is 0 Å². The quantitative estimate of drug-likeness (QED) is 0.845. The van der Waals surface area contributed by atoms with Gasteiger partial charge in [-0.1, -0.05) is 22.0 Å². The molecule has 0 atom stereocenters. The average molecular weight is 397 g/mol. The molecule has 0 aromatic heterocycles. The third-order valence-electron chi connectivity index (χ3n) is 4.41. The van der Waals surface area contributed by atoms with Crippen LogP contribution in [0, 0.1) is 12.8 Å². The largest absolute Gasteiger partial charge is 0.481 e. The molecule has 0 unspecified atom stereocenters. The van der Waals surface area contributed by atoms with Crippen molar-refractivity contribution in [1.82, 2.24) is 9.80 Å². The number of carbonyl (C=O) groups is 3. The molecule has 6 nitrogen and oxygen atoms in total. The zero-order valence-electron chi connectivity index (χ0n) is 13.8. The number of nitrogens with zero attached hydrogens (tertiary/aromatic N) is 2. The van der Waals surface area contributed by atoms with Gasteiger partial charge in [0, 0.05) is 30.2 Å². The van der Waals surface area contributed by atoms with Gasteiger partial charge in [-0.25, -0.2) is 0 Å².